The Morgan fingerprint density at radius 3 is 2.50 bits per heavy atom. The molecule has 1 aliphatic rings. The van der Waals surface area contributed by atoms with Crippen LogP contribution in [-0.2, 0) is 15.6 Å². The molecule has 4 nitrogen and oxygen atoms in total. The minimum absolute atomic E-state index is 0.116. The standard InChI is InChI=1S/C9H17NO3S/c1-2-8(7-9(11)12)10-3-5-14(13)6-4-10/h8H,2-7H2,1H3,(H,11,12). The molecule has 0 spiro atoms. The first-order chi connectivity index (χ1) is 6.63. The molecule has 1 heterocycles. The Bertz CT molecular complexity index is 222. The number of nitrogens with zero attached hydrogens (tertiary/aromatic N) is 1. The molecule has 5 heteroatoms. The van der Waals surface area contributed by atoms with Gasteiger partial charge in [-0.15, -0.1) is 0 Å². The summed E-state index contributed by atoms with van der Waals surface area (Å²) in [5.41, 5.74) is 0. The minimum Gasteiger partial charge on any atom is -0.481 e. The molecule has 1 rings (SSSR count). The Hall–Kier alpha value is -0.420. The largest absolute Gasteiger partial charge is 0.481 e. The Morgan fingerprint density at radius 1 is 1.50 bits per heavy atom. The van der Waals surface area contributed by atoms with Gasteiger partial charge in [0.05, 0.1) is 6.42 Å². The van der Waals surface area contributed by atoms with Crippen molar-refractivity contribution in [3.63, 3.8) is 0 Å². The first-order valence-corrected chi connectivity index (χ1v) is 6.43. The maximum atomic E-state index is 11.1. The van der Waals surface area contributed by atoms with Crippen molar-refractivity contribution in [2.45, 2.75) is 25.8 Å². The van der Waals surface area contributed by atoms with E-state index in [9.17, 15) is 9.00 Å². The van der Waals surface area contributed by atoms with Gasteiger partial charge in [0.25, 0.3) is 0 Å². The van der Waals surface area contributed by atoms with Gasteiger partial charge in [-0.05, 0) is 6.42 Å². The van der Waals surface area contributed by atoms with Crippen LogP contribution in [0, 0.1) is 0 Å². The molecule has 0 aliphatic carbocycles. The second kappa shape index (κ2) is 5.46. The van der Waals surface area contributed by atoms with Crippen molar-refractivity contribution in [3.8, 4) is 0 Å². The molecule has 0 aromatic rings. The number of hydrogen-bond acceptors (Lipinski definition) is 3. The predicted molar refractivity (Wildman–Crippen MR) is 55.8 cm³/mol. The normalized spacial score (nSPS) is 22.1. The molecule has 1 N–H and O–H groups in total. The quantitative estimate of drug-likeness (QED) is 0.739. The fraction of sp³-hybridized carbons (Fsp3) is 0.889. The highest BCUT2D eigenvalue weighted by Crippen LogP contribution is 2.11. The molecule has 1 atom stereocenters. The van der Waals surface area contributed by atoms with Gasteiger partial charge < -0.3 is 5.11 Å². The fourth-order valence-electron chi connectivity index (χ4n) is 1.75. The van der Waals surface area contributed by atoms with Crippen molar-refractivity contribution in [2.24, 2.45) is 0 Å². The molecule has 1 saturated heterocycles. The maximum Gasteiger partial charge on any atom is 0.304 e. The first-order valence-electron chi connectivity index (χ1n) is 4.94. The molecule has 0 aromatic heterocycles. The van der Waals surface area contributed by atoms with E-state index in [1.54, 1.807) is 0 Å². The van der Waals surface area contributed by atoms with E-state index in [0.29, 0.717) is 11.5 Å². The summed E-state index contributed by atoms with van der Waals surface area (Å²) in [5.74, 6) is 0.634. The lowest BCUT2D eigenvalue weighted by Crippen LogP contribution is -2.45. The highest BCUT2D eigenvalue weighted by Gasteiger charge is 2.23. The van der Waals surface area contributed by atoms with Gasteiger partial charge in [0, 0.05) is 41.4 Å². The maximum absolute atomic E-state index is 11.1. The second-order valence-electron chi connectivity index (χ2n) is 3.54. The Balaban J connectivity index is 2.44. The Labute approximate surface area is 86.7 Å². The Morgan fingerprint density at radius 2 is 2.07 bits per heavy atom. The van der Waals surface area contributed by atoms with Crippen molar-refractivity contribution in [2.75, 3.05) is 24.6 Å². The molecule has 0 aromatic carbocycles. The van der Waals surface area contributed by atoms with Gasteiger partial charge in [-0.25, -0.2) is 0 Å². The van der Waals surface area contributed by atoms with E-state index in [2.05, 4.69) is 4.90 Å². The van der Waals surface area contributed by atoms with Crippen LogP contribution in [0.1, 0.15) is 19.8 Å². The van der Waals surface area contributed by atoms with Crippen molar-refractivity contribution < 1.29 is 14.1 Å². The number of aliphatic carboxylic acids is 1. The summed E-state index contributed by atoms with van der Waals surface area (Å²) in [6, 6.07) is 0.116. The first kappa shape index (κ1) is 11.7. The lowest BCUT2D eigenvalue weighted by atomic mass is 10.1. The van der Waals surface area contributed by atoms with Crippen molar-refractivity contribution in [1.29, 1.82) is 0 Å². The van der Waals surface area contributed by atoms with E-state index in [1.165, 1.54) is 0 Å². The minimum atomic E-state index is -0.747. The summed E-state index contributed by atoms with van der Waals surface area (Å²) in [6.45, 7) is 3.55. The molecular weight excluding hydrogens is 202 g/mol. The van der Waals surface area contributed by atoms with Crippen LogP contribution in [-0.4, -0.2) is 50.8 Å². The molecule has 14 heavy (non-hydrogen) atoms. The third kappa shape index (κ3) is 3.38. The zero-order chi connectivity index (χ0) is 10.6. The van der Waals surface area contributed by atoms with E-state index in [0.717, 1.165) is 19.5 Å². The van der Waals surface area contributed by atoms with Gasteiger partial charge in [-0.1, -0.05) is 6.92 Å². The smallest absolute Gasteiger partial charge is 0.304 e. The van der Waals surface area contributed by atoms with Crippen LogP contribution in [0.4, 0.5) is 0 Å². The lowest BCUT2D eigenvalue weighted by molar-refractivity contribution is -0.138. The highest BCUT2D eigenvalue weighted by molar-refractivity contribution is 7.85. The molecule has 0 bridgehead atoms. The number of carboxylic acids is 1. The lowest BCUT2D eigenvalue weighted by Gasteiger charge is -2.32. The van der Waals surface area contributed by atoms with Crippen molar-refractivity contribution in [1.82, 2.24) is 4.90 Å². The molecule has 1 aliphatic heterocycles. The average Bonchev–Trinajstić information content (AvgIpc) is 2.15. The average molecular weight is 219 g/mol. The van der Waals surface area contributed by atoms with Gasteiger partial charge in [-0.2, -0.15) is 0 Å². The third-order valence-corrected chi connectivity index (χ3v) is 3.89. The zero-order valence-electron chi connectivity index (χ0n) is 8.44. The van der Waals surface area contributed by atoms with Crippen LogP contribution in [0.25, 0.3) is 0 Å². The molecular formula is C9H17NO3S. The SMILES string of the molecule is CCC(CC(=O)O)N1CCS(=O)CC1. The van der Waals surface area contributed by atoms with E-state index >= 15 is 0 Å². The summed E-state index contributed by atoms with van der Waals surface area (Å²) in [4.78, 5) is 12.7. The summed E-state index contributed by atoms with van der Waals surface area (Å²) in [6.07, 6.45) is 1.04. The van der Waals surface area contributed by atoms with Crippen LogP contribution in [0.15, 0.2) is 0 Å². The van der Waals surface area contributed by atoms with Crippen molar-refractivity contribution in [3.05, 3.63) is 0 Å². The summed E-state index contributed by atoms with van der Waals surface area (Å²) in [5, 5.41) is 8.71. The van der Waals surface area contributed by atoms with Crippen LogP contribution >= 0.6 is 0 Å². The molecule has 0 amide bonds. The Kier molecular flexibility index (Phi) is 4.54. The van der Waals surface area contributed by atoms with Gasteiger partial charge in [0.1, 0.15) is 0 Å². The number of carbonyl (C=O) groups is 1. The monoisotopic (exact) mass is 219 g/mol. The van der Waals surface area contributed by atoms with Crippen LogP contribution in [0.2, 0.25) is 0 Å². The molecule has 1 fully saturated rings. The highest BCUT2D eigenvalue weighted by atomic mass is 32.2. The van der Waals surface area contributed by atoms with Crippen LogP contribution in [0.3, 0.4) is 0 Å². The fourth-order valence-corrected chi connectivity index (χ4v) is 2.83. The van der Waals surface area contributed by atoms with Crippen LogP contribution in [0.5, 0.6) is 0 Å². The molecule has 82 valence electrons. The van der Waals surface area contributed by atoms with E-state index in [4.69, 9.17) is 5.11 Å². The van der Waals surface area contributed by atoms with Gasteiger partial charge in [0.15, 0.2) is 0 Å². The number of hydrogen-bond donors (Lipinski definition) is 1. The second-order valence-corrected chi connectivity index (χ2v) is 5.24. The topological polar surface area (TPSA) is 57.6 Å². The van der Waals surface area contributed by atoms with Gasteiger partial charge in [-0.3, -0.25) is 13.9 Å². The molecule has 1 unspecified atom stereocenters. The van der Waals surface area contributed by atoms with Crippen molar-refractivity contribution >= 4 is 16.8 Å². The van der Waals surface area contributed by atoms with E-state index in [-0.39, 0.29) is 12.5 Å². The number of rotatable bonds is 4. The third-order valence-electron chi connectivity index (χ3n) is 2.61. The number of carboxylic acid groups (broad SMARTS) is 1. The predicted octanol–water partition coefficient (Wildman–Crippen LogP) is 0.304. The van der Waals surface area contributed by atoms with Gasteiger partial charge in [0.2, 0.25) is 0 Å². The van der Waals surface area contributed by atoms with E-state index < -0.39 is 16.8 Å². The summed E-state index contributed by atoms with van der Waals surface area (Å²) in [7, 11) is -0.681. The van der Waals surface area contributed by atoms with Crippen LogP contribution < -0.4 is 0 Å². The zero-order valence-corrected chi connectivity index (χ0v) is 9.26. The molecule has 0 radical (unpaired) electrons. The summed E-state index contributed by atoms with van der Waals surface area (Å²) >= 11 is 0. The van der Waals surface area contributed by atoms with E-state index in [1.807, 2.05) is 6.92 Å². The van der Waals surface area contributed by atoms with Gasteiger partial charge >= 0.3 is 5.97 Å². The molecule has 0 saturated carbocycles. The summed E-state index contributed by atoms with van der Waals surface area (Å²) < 4.78 is 11.1.